The van der Waals surface area contributed by atoms with E-state index in [-0.39, 0.29) is 29.5 Å². The number of thiophene rings is 1. The predicted molar refractivity (Wildman–Crippen MR) is 154 cm³/mol. The number of carbonyl (C=O) groups excluding carboxylic acids is 3. The Morgan fingerprint density at radius 3 is 2.39 bits per heavy atom. The Morgan fingerprint density at radius 1 is 1.05 bits per heavy atom. The van der Waals surface area contributed by atoms with E-state index in [4.69, 9.17) is 4.74 Å². The van der Waals surface area contributed by atoms with Crippen molar-refractivity contribution in [3.63, 3.8) is 0 Å². The number of anilines is 1. The fourth-order valence-electron chi connectivity index (χ4n) is 5.24. The Hall–Kier alpha value is -3.55. The highest BCUT2D eigenvalue weighted by molar-refractivity contribution is 7.89. The zero-order valence-electron chi connectivity index (χ0n) is 23.3. The molecule has 2 aliphatic rings. The Bertz CT molecular complexity index is 1590. The second kappa shape index (κ2) is 11.7. The number of nitrogens with one attached hydrogen (secondary N) is 1. The number of rotatable bonds is 6. The number of aryl methyl sites for hydroxylation is 2. The maximum Gasteiger partial charge on any atom is 0.410 e. The van der Waals surface area contributed by atoms with E-state index in [9.17, 15) is 22.8 Å². The smallest absolute Gasteiger partial charge is 0.410 e. The van der Waals surface area contributed by atoms with Gasteiger partial charge in [-0.05, 0) is 75.9 Å². The molecular formula is C28H33N5O6S2. The first-order valence-electron chi connectivity index (χ1n) is 13.7. The Kier molecular flexibility index (Phi) is 8.30. The van der Waals surface area contributed by atoms with Gasteiger partial charge >= 0.3 is 6.09 Å². The lowest BCUT2D eigenvalue weighted by molar-refractivity contribution is 0.0941. The molecule has 11 nitrogen and oxygen atoms in total. The second-order valence-electron chi connectivity index (χ2n) is 10.2. The molecule has 41 heavy (non-hydrogen) atoms. The van der Waals surface area contributed by atoms with Gasteiger partial charge in [0.1, 0.15) is 5.00 Å². The number of carbonyl (C=O) groups is 3. The van der Waals surface area contributed by atoms with Crippen LogP contribution >= 0.6 is 11.3 Å². The van der Waals surface area contributed by atoms with Crippen LogP contribution < -0.4 is 5.32 Å². The van der Waals surface area contributed by atoms with E-state index in [2.05, 4.69) is 10.4 Å². The highest BCUT2D eigenvalue weighted by Gasteiger charge is 2.32. The number of aromatic nitrogens is 2. The number of fused-ring (bicyclic) bond motifs is 1. The molecule has 4 heterocycles. The average Bonchev–Trinajstić information content (AvgIpc) is 3.50. The number of nitrogens with zero attached hydrogens (tertiary/aromatic N) is 4. The molecule has 1 fully saturated rings. The lowest BCUT2D eigenvalue weighted by Gasteiger charge is -2.26. The summed E-state index contributed by atoms with van der Waals surface area (Å²) in [7, 11) is -3.63. The summed E-state index contributed by atoms with van der Waals surface area (Å²) in [5, 5.41) is 7.58. The van der Waals surface area contributed by atoms with Crippen LogP contribution in [0.15, 0.2) is 35.2 Å². The summed E-state index contributed by atoms with van der Waals surface area (Å²) in [5.74, 6) is -0.842. The number of sulfonamides is 1. The average molecular weight is 600 g/mol. The molecule has 13 heteroatoms. The molecule has 0 atom stereocenters. The summed E-state index contributed by atoms with van der Waals surface area (Å²) in [6.07, 6.45) is 2.68. The maximum absolute atomic E-state index is 13.8. The lowest BCUT2D eigenvalue weighted by Crippen LogP contribution is -2.36. The van der Waals surface area contributed by atoms with Gasteiger partial charge in [0, 0.05) is 35.8 Å². The molecule has 2 amide bonds. The fraction of sp³-hybridized carbons (Fsp3) is 0.429. The van der Waals surface area contributed by atoms with E-state index in [1.165, 1.54) is 44.6 Å². The minimum absolute atomic E-state index is 0.141. The van der Waals surface area contributed by atoms with Crippen molar-refractivity contribution in [3.05, 3.63) is 63.3 Å². The third kappa shape index (κ3) is 5.79. The monoisotopic (exact) mass is 599 g/mol. The molecule has 0 saturated carbocycles. The van der Waals surface area contributed by atoms with Crippen molar-refractivity contribution in [2.24, 2.45) is 0 Å². The highest BCUT2D eigenvalue weighted by Crippen LogP contribution is 2.38. The number of benzene rings is 1. The molecule has 3 aromatic rings. The van der Waals surface area contributed by atoms with Crippen LogP contribution in [0, 0.1) is 13.8 Å². The molecule has 0 unspecified atom stereocenters. The molecule has 5 rings (SSSR count). The van der Waals surface area contributed by atoms with Crippen LogP contribution in [0.5, 0.6) is 0 Å². The number of hydrogen-bond acceptors (Lipinski definition) is 8. The number of ether oxygens (including phenoxy) is 1. The minimum Gasteiger partial charge on any atom is -0.450 e. The van der Waals surface area contributed by atoms with Crippen LogP contribution in [0.25, 0.3) is 0 Å². The third-order valence-corrected chi connectivity index (χ3v) is 10.3. The summed E-state index contributed by atoms with van der Waals surface area (Å²) in [6.45, 7) is 7.21. The van der Waals surface area contributed by atoms with E-state index in [1.807, 2.05) is 0 Å². The summed E-state index contributed by atoms with van der Waals surface area (Å²) < 4.78 is 34.0. The standard InChI is InChI=1S/C28H33N5O6S2/c1-4-39-28(36)31-15-12-22-23(17-31)40-26(24(22)27(35)33-19(3)16-18(2)30-33)29-25(34)20-8-10-21(11-9-20)41(37,38)32-13-6-5-7-14-32/h8-11,16H,4-7,12-15,17H2,1-3H3,(H,29,34). The first-order valence-corrected chi connectivity index (χ1v) is 15.9. The van der Waals surface area contributed by atoms with Crippen molar-refractivity contribution < 1.29 is 27.5 Å². The molecule has 0 radical (unpaired) electrons. The predicted octanol–water partition coefficient (Wildman–Crippen LogP) is 4.19. The quantitative estimate of drug-likeness (QED) is 0.450. The highest BCUT2D eigenvalue weighted by atomic mass is 32.2. The van der Waals surface area contributed by atoms with Crippen LogP contribution in [-0.2, 0) is 27.7 Å². The van der Waals surface area contributed by atoms with Gasteiger partial charge in [-0.2, -0.15) is 9.40 Å². The van der Waals surface area contributed by atoms with E-state index in [0.29, 0.717) is 48.0 Å². The van der Waals surface area contributed by atoms with Gasteiger partial charge in [-0.25, -0.2) is 17.9 Å². The Labute approximate surface area is 243 Å². The Balaban J connectivity index is 1.43. The molecule has 2 aromatic heterocycles. The van der Waals surface area contributed by atoms with E-state index < -0.39 is 22.0 Å². The maximum atomic E-state index is 13.8. The molecule has 1 aromatic carbocycles. The van der Waals surface area contributed by atoms with Crippen molar-refractivity contribution in [1.29, 1.82) is 0 Å². The van der Waals surface area contributed by atoms with Crippen LogP contribution in [0.4, 0.5) is 9.80 Å². The summed E-state index contributed by atoms with van der Waals surface area (Å²) in [4.78, 5) is 42.0. The zero-order valence-corrected chi connectivity index (χ0v) is 24.9. The summed E-state index contributed by atoms with van der Waals surface area (Å²) in [5.41, 5.74) is 2.73. The van der Waals surface area contributed by atoms with Crippen molar-refractivity contribution in [2.45, 2.75) is 57.9 Å². The van der Waals surface area contributed by atoms with Crippen molar-refractivity contribution in [1.82, 2.24) is 19.0 Å². The first kappa shape index (κ1) is 29.0. The molecule has 1 saturated heterocycles. The van der Waals surface area contributed by atoms with Gasteiger partial charge in [0.25, 0.3) is 11.8 Å². The minimum atomic E-state index is -3.63. The van der Waals surface area contributed by atoms with Gasteiger partial charge in [0.05, 0.1) is 29.3 Å². The molecule has 0 bridgehead atoms. The SMILES string of the molecule is CCOC(=O)N1CCc2c(sc(NC(=O)c3ccc(S(=O)(=O)N4CCCCC4)cc3)c2C(=O)n2nc(C)cc2C)C1. The van der Waals surface area contributed by atoms with Gasteiger partial charge in [-0.15, -0.1) is 11.3 Å². The molecular weight excluding hydrogens is 566 g/mol. The number of hydrogen-bond donors (Lipinski definition) is 1. The zero-order chi connectivity index (χ0) is 29.3. The van der Waals surface area contributed by atoms with Crippen LogP contribution in [0.3, 0.4) is 0 Å². The van der Waals surface area contributed by atoms with Gasteiger partial charge < -0.3 is 15.0 Å². The third-order valence-electron chi connectivity index (χ3n) is 7.30. The molecule has 218 valence electrons. The lowest BCUT2D eigenvalue weighted by atomic mass is 10.0. The molecule has 2 aliphatic heterocycles. The Morgan fingerprint density at radius 2 is 1.76 bits per heavy atom. The number of piperidine rings is 1. The van der Waals surface area contributed by atoms with E-state index in [0.717, 1.165) is 29.7 Å². The van der Waals surface area contributed by atoms with Crippen LogP contribution in [0.1, 0.15) is 68.7 Å². The van der Waals surface area contributed by atoms with Crippen molar-refractivity contribution in [3.8, 4) is 0 Å². The van der Waals surface area contributed by atoms with E-state index in [1.54, 1.807) is 31.7 Å². The fourth-order valence-corrected chi connectivity index (χ4v) is 8.00. The van der Waals surface area contributed by atoms with Gasteiger partial charge in [-0.1, -0.05) is 6.42 Å². The van der Waals surface area contributed by atoms with Gasteiger partial charge in [0.2, 0.25) is 10.0 Å². The van der Waals surface area contributed by atoms with Gasteiger partial charge in [0.15, 0.2) is 0 Å². The number of amides is 2. The van der Waals surface area contributed by atoms with Crippen molar-refractivity contribution >= 4 is 44.3 Å². The largest absolute Gasteiger partial charge is 0.450 e. The molecule has 0 aliphatic carbocycles. The molecule has 0 spiro atoms. The van der Waals surface area contributed by atoms with Crippen molar-refractivity contribution in [2.75, 3.05) is 31.6 Å². The van der Waals surface area contributed by atoms with E-state index >= 15 is 0 Å². The van der Waals surface area contributed by atoms with Crippen LogP contribution in [0.2, 0.25) is 0 Å². The second-order valence-corrected chi connectivity index (χ2v) is 13.2. The normalized spacial score (nSPS) is 15.8. The van der Waals surface area contributed by atoms with Gasteiger partial charge in [-0.3, -0.25) is 9.59 Å². The summed E-state index contributed by atoms with van der Waals surface area (Å²) in [6, 6.07) is 7.64. The molecule has 1 N–H and O–H groups in total. The topological polar surface area (TPSA) is 131 Å². The van der Waals surface area contributed by atoms with Crippen LogP contribution in [-0.4, -0.2) is 71.6 Å². The first-order chi connectivity index (χ1) is 19.6. The summed E-state index contributed by atoms with van der Waals surface area (Å²) >= 11 is 1.24.